The van der Waals surface area contributed by atoms with Crippen LogP contribution in [0, 0.1) is 0 Å². The molecule has 0 radical (unpaired) electrons. The lowest BCUT2D eigenvalue weighted by molar-refractivity contribution is 0.102. The van der Waals surface area contributed by atoms with Crippen molar-refractivity contribution < 1.29 is 9.47 Å². The lowest BCUT2D eigenvalue weighted by Gasteiger charge is -2.16. The maximum Gasteiger partial charge on any atom is 0.176 e. The molecule has 32 heavy (non-hydrogen) atoms. The van der Waals surface area contributed by atoms with Gasteiger partial charge in [0.1, 0.15) is 18.0 Å². The molecule has 0 fully saturated rings. The molecule has 0 unspecified atom stereocenters. The molecule has 0 saturated heterocycles. The average Bonchev–Trinajstić information content (AvgIpc) is 3.33. The zero-order valence-corrected chi connectivity index (χ0v) is 18.5. The molecular formula is C27H27N3O2. The highest BCUT2D eigenvalue weighted by Crippen LogP contribution is 2.37. The molecule has 4 aromatic rings. The van der Waals surface area contributed by atoms with E-state index in [1.165, 1.54) is 11.1 Å². The van der Waals surface area contributed by atoms with Gasteiger partial charge in [-0.05, 0) is 36.6 Å². The van der Waals surface area contributed by atoms with Crippen LogP contribution in [0.25, 0.3) is 11.4 Å². The first-order valence-electron chi connectivity index (χ1n) is 11.0. The lowest BCUT2D eigenvalue weighted by atomic mass is 10.0. The van der Waals surface area contributed by atoms with E-state index >= 15 is 0 Å². The summed E-state index contributed by atoms with van der Waals surface area (Å²) in [6.45, 7) is 5.77. The van der Waals surface area contributed by atoms with Gasteiger partial charge in [-0.2, -0.15) is 5.10 Å². The highest BCUT2D eigenvalue weighted by molar-refractivity contribution is 5.61. The minimum atomic E-state index is -0.172. The molecule has 0 spiro atoms. The first-order valence-corrected chi connectivity index (χ1v) is 11.0. The predicted molar refractivity (Wildman–Crippen MR) is 124 cm³/mol. The van der Waals surface area contributed by atoms with Crippen LogP contribution in [0.4, 0.5) is 0 Å². The van der Waals surface area contributed by atoms with Crippen LogP contribution in [-0.4, -0.2) is 20.4 Å². The van der Waals surface area contributed by atoms with Crippen LogP contribution >= 0.6 is 0 Å². The quantitative estimate of drug-likeness (QED) is 0.396. The zero-order valence-electron chi connectivity index (χ0n) is 18.5. The molecule has 0 amide bonds. The van der Waals surface area contributed by atoms with E-state index < -0.39 is 0 Å². The van der Waals surface area contributed by atoms with E-state index in [2.05, 4.69) is 56.3 Å². The number of ether oxygens (including phenoxy) is 2. The van der Waals surface area contributed by atoms with Crippen molar-refractivity contribution in [3.8, 4) is 17.1 Å². The van der Waals surface area contributed by atoms with Gasteiger partial charge in [0.25, 0.3) is 0 Å². The second kappa shape index (κ2) is 8.60. The third-order valence-electron chi connectivity index (χ3n) is 5.56. The van der Waals surface area contributed by atoms with Crippen LogP contribution in [-0.2, 0) is 30.9 Å². The second-order valence-corrected chi connectivity index (χ2v) is 8.83. The third kappa shape index (κ3) is 4.58. The SMILES string of the molecule is CC1(C)Cc2ccc(-c3nc(COCc4ccccc4)nn3Cc3ccccc3)cc2O1. The van der Waals surface area contributed by atoms with Gasteiger partial charge in [-0.25, -0.2) is 9.67 Å². The number of aromatic nitrogens is 3. The Morgan fingerprint density at radius 3 is 2.38 bits per heavy atom. The number of benzene rings is 3. The summed E-state index contributed by atoms with van der Waals surface area (Å²) in [5, 5.41) is 4.77. The smallest absolute Gasteiger partial charge is 0.176 e. The normalized spacial score (nSPS) is 14.2. The van der Waals surface area contributed by atoms with Crippen molar-refractivity contribution in [3.63, 3.8) is 0 Å². The van der Waals surface area contributed by atoms with Gasteiger partial charge in [0.15, 0.2) is 11.6 Å². The summed E-state index contributed by atoms with van der Waals surface area (Å²) in [5.41, 5.74) is 4.37. The molecule has 2 heterocycles. The second-order valence-electron chi connectivity index (χ2n) is 8.83. The van der Waals surface area contributed by atoms with Crippen LogP contribution in [0.15, 0.2) is 78.9 Å². The standard InChI is InChI=1S/C27H27N3O2/c1-27(2)16-23-14-13-22(15-24(23)32-27)26-28-25(19-31-18-21-11-7-4-8-12-21)29-30(26)17-20-9-5-3-6-10-20/h3-15H,16-19H2,1-2H3. The van der Waals surface area contributed by atoms with Gasteiger partial charge < -0.3 is 9.47 Å². The number of rotatable bonds is 7. The fourth-order valence-electron chi connectivity index (χ4n) is 4.09. The van der Waals surface area contributed by atoms with Gasteiger partial charge in [-0.1, -0.05) is 72.8 Å². The third-order valence-corrected chi connectivity index (χ3v) is 5.56. The fraction of sp³-hybridized carbons (Fsp3) is 0.259. The van der Waals surface area contributed by atoms with Gasteiger partial charge in [-0.15, -0.1) is 0 Å². The molecule has 0 saturated carbocycles. The molecule has 1 aliphatic rings. The molecule has 5 nitrogen and oxygen atoms in total. The van der Waals surface area contributed by atoms with E-state index in [1.54, 1.807) is 0 Å². The maximum atomic E-state index is 6.15. The molecule has 162 valence electrons. The van der Waals surface area contributed by atoms with E-state index in [1.807, 2.05) is 41.1 Å². The molecule has 0 bridgehead atoms. The summed E-state index contributed by atoms with van der Waals surface area (Å²) < 4.78 is 14.0. The van der Waals surface area contributed by atoms with E-state index in [-0.39, 0.29) is 5.60 Å². The Hall–Kier alpha value is -3.44. The summed E-state index contributed by atoms with van der Waals surface area (Å²) in [6, 6.07) is 26.8. The molecule has 3 aromatic carbocycles. The van der Waals surface area contributed by atoms with Crippen molar-refractivity contribution in [2.45, 2.75) is 45.6 Å². The van der Waals surface area contributed by atoms with Crippen LogP contribution in [0.3, 0.4) is 0 Å². The van der Waals surface area contributed by atoms with Crippen molar-refractivity contribution >= 4 is 0 Å². The summed E-state index contributed by atoms with van der Waals surface area (Å²) >= 11 is 0. The van der Waals surface area contributed by atoms with Crippen molar-refractivity contribution in [2.75, 3.05) is 0 Å². The molecule has 1 aromatic heterocycles. The Labute approximate surface area is 188 Å². The molecule has 0 aliphatic carbocycles. The number of hydrogen-bond acceptors (Lipinski definition) is 4. The van der Waals surface area contributed by atoms with Crippen LogP contribution in [0.1, 0.15) is 36.4 Å². The predicted octanol–water partition coefficient (Wildman–Crippen LogP) is 5.42. The Morgan fingerprint density at radius 1 is 0.906 bits per heavy atom. The Kier molecular flexibility index (Phi) is 5.50. The van der Waals surface area contributed by atoms with Crippen LogP contribution in [0.5, 0.6) is 5.75 Å². The largest absolute Gasteiger partial charge is 0.487 e. The van der Waals surface area contributed by atoms with Crippen molar-refractivity contribution in [2.24, 2.45) is 0 Å². The van der Waals surface area contributed by atoms with Gasteiger partial charge in [-0.3, -0.25) is 0 Å². The summed E-state index contributed by atoms with van der Waals surface area (Å²) in [6.07, 6.45) is 0.915. The Morgan fingerprint density at radius 2 is 1.62 bits per heavy atom. The highest BCUT2D eigenvalue weighted by atomic mass is 16.5. The van der Waals surface area contributed by atoms with Crippen molar-refractivity contribution in [1.82, 2.24) is 14.8 Å². The van der Waals surface area contributed by atoms with Crippen molar-refractivity contribution in [3.05, 3.63) is 101 Å². The summed E-state index contributed by atoms with van der Waals surface area (Å²) in [7, 11) is 0. The molecule has 5 heteroatoms. The Bertz CT molecular complexity index is 1200. The first kappa shape index (κ1) is 20.5. The zero-order chi connectivity index (χ0) is 22.0. The van der Waals surface area contributed by atoms with Crippen molar-refractivity contribution in [1.29, 1.82) is 0 Å². The van der Waals surface area contributed by atoms with E-state index in [0.29, 0.717) is 25.6 Å². The van der Waals surface area contributed by atoms with E-state index in [4.69, 9.17) is 19.6 Å². The molecule has 0 atom stereocenters. The monoisotopic (exact) mass is 425 g/mol. The maximum absolute atomic E-state index is 6.15. The molecule has 0 N–H and O–H groups in total. The lowest BCUT2D eigenvalue weighted by Crippen LogP contribution is -2.24. The van der Waals surface area contributed by atoms with Gasteiger partial charge in [0, 0.05) is 12.0 Å². The van der Waals surface area contributed by atoms with Crippen LogP contribution in [0.2, 0.25) is 0 Å². The first-order chi connectivity index (χ1) is 15.6. The molecule has 1 aliphatic heterocycles. The number of fused-ring (bicyclic) bond motifs is 1. The molecular weight excluding hydrogens is 398 g/mol. The van der Waals surface area contributed by atoms with Crippen LogP contribution < -0.4 is 4.74 Å². The summed E-state index contributed by atoms with van der Waals surface area (Å²) in [4.78, 5) is 4.84. The number of nitrogens with zero attached hydrogens (tertiary/aromatic N) is 3. The number of hydrogen-bond donors (Lipinski definition) is 0. The topological polar surface area (TPSA) is 49.2 Å². The van der Waals surface area contributed by atoms with E-state index in [0.717, 1.165) is 29.1 Å². The highest BCUT2D eigenvalue weighted by Gasteiger charge is 2.30. The van der Waals surface area contributed by atoms with Gasteiger partial charge in [0.05, 0.1) is 13.2 Å². The minimum Gasteiger partial charge on any atom is -0.487 e. The average molecular weight is 426 g/mol. The molecule has 5 rings (SSSR count). The Balaban J connectivity index is 1.41. The van der Waals surface area contributed by atoms with Gasteiger partial charge >= 0.3 is 0 Å². The van der Waals surface area contributed by atoms with Gasteiger partial charge in [0.2, 0.25) is 0 Å². The minimum absolute atomic E-state index is 0.172. The fourth-order valence-corrected chi connectivity index (χ4v) is 4.09. The summed E-state index contributed by atoms with van der Waals surface area (Å²) in [5.74, 6) is 2.43. The van der Waals surface area contributed by atoms with E-state index in [9.17, 15) is 0 Å².